The van der Waals surface area contributed by atoms with Gasteiger partial charge in [-0.2, -0.15) is 0 Å². The molecule has 0 bridgehead atoms. The Hall–Kier alpha value is -1.19. The highest BCUT2D eigenvalue weighted by atomic mass is 19.4. The third-order valence-corrected chi connectivity index (χ3v) is 2.91. The second-order valence-corrected chi connectivity index (χ2v) is 5.17. The molecule has 1 nitrogen and oxygen atoms in total. The molecule has 0 N–H and O–H groups in total. The number of halogens is 3. The van der Waals surface area contributed by atoms with Crippen LogP contribution in [0.4, 0.5) is 13.2 Å². The van der Waals surface area contributed by atoms with Crippen LogP contribution < -0.4 is 4.74 Å². The number of para-hydroxylation sites is 1. The third-order valence-electron chi connectivity index (χ3n) is 2.91. The third kappa shape index (κ3) is 3.95. The van der Waals surface area contributed by atoms with E-state index in [-0.39, 0.29) is 17.1 Å². The van der Waals surface area contributed by atoms with Crippen molar-refractivity contribution in [1.82, 2.24) is 0 Å². The van der Waals surface area contributed by atoms with E-state index in [1.165, 1.54) is 6.07 Å². The van der Waals surface area contributed by atoms with E-state index < -0.39 is 6.36 Å². The van der Waals surface area contributed by atoms with Crippen molar-refractivity contribution in [3.05, 3.63) is 29.8 Å². The first-order valence-electron chi connectivity index (χ1n) is 5.46. The molecule has 0 aliphatic rings. The van der Waals surface area contributed by atoms with Crippen molar-refractivity contribution >= 4 is 0 Å². The van der Waals surface area contributed by atoms with Gasteiger partial charge in [0.2, 0.25) is 0 Å². The molecule has 17 heavy (non-hydrogen) atoms. The van der Waals surface area contributed by atoms with Crippen LogP contribution in [0, 0.1) is 5.41 Å². The van der Waals surface area contributed by atoms with Crippen molar-refractivity contribution in [2.75, 3.05) is 0 Å². The molecular formula is C13H17F3O. The lowest BCUT2D eigenvalue weighted by Gasteiger charge is -2.29. The maximum atomic E-state index is 12.3. The van der Waals surface area contributed by atoms with Gasteiger partial charge in [-0.15, -0.1) is 13.2 Å². The summed E-state index contributed by atoms with van der Waals surface area (Å²) in [6, 6.07) is 6.29. The van der Waals surface area contributed by atoms with Gasteiger partial charge in [0.05, 0.1) is 0 Å². The van der Waals surface area contributed by atoms with Gasteiger partial charge in [0.25, 0.3) is 0 Å². The minimum Gasteiger partial charge on any atom is -0.405 e. The molecule has 96 valence electrons. The Morgan fingerprint density at radius 2 is 1.59 bits per heavy atom. The van der Waals surface area contributed by atoms with Crippen molar-refractivity contribution < 1.29 is 17.9 Å². The molecule has 0 saturated carbocycles. The first kappa shape index (κ1) is 13.9. The summed E-state index contributed by atoms with van der Waals surface area (Å²) >= 11 is 0. The standard InChI is InChI=1S/C13H17F3O/c1-9(12(2,3)4)10-7-5-6-8-11(10)17-13(14,15)16/h5-9H,1-4H3. The average molecular weight is 246 g/mol. The van der Waals surface area contributed by atoms with Crippen molar-refractivity contribution in [1.29, 1.82) is 0 Å². The van der Waals surface area contributed by atoms with Crippen LogP contribution in [0.2, 0.25) is 0 Å². The zero-order valence-electron chi connectivity index (χ0n) is 10.4. The summed E-state index contributed by atoms with van der Waals surface area (Å²) in [5.41, 5.74) is 0.461. The Balaban J connectivity index is 3.08. The van der Waals surface area contributed by atoms with Gasteiger partial charge < -0.3 is 4.74 Å². The molecule has 0 spiro atoms. The highest BCUT2D eigenvalue weighted by Crippen LogP contribution is 2.40. The van der Waals surface area contributed by atoms with E-state index in [0.717, 1.165) is 0 Å². The lowest BCUT2D eigenvalue weighted by molar-refractivity contribution is -0.275. The first-order chi connectivity index (χ1) is 7.61. The maximum absolute atomic E-state index is 12.3. The van der Waals surface area contributed by atoms with Crippen LogP contribution in [0.1, 0.15) is 39.2 Å². The molecule has 1 aromatic rings. The van der Waals surface area contributed by atoms with E-state index in [4.69, 9.17) is 0 Å². The Morgan fingerprint density at radius 3 is 2.06 bits per heavy atom. The van der Waals surface area contributed by atoms with Crippen LogP contribution >= 0.6 is 0 Å². The predicted molar refractivity (Wildman–Crippen MR) is 61.0 cm³/mol. The Bertz CT molecular complexity index is 377. The van der Waals surface area contributed by atoms with Gasteiger partial charge in [0.1, 0.15) is 5.75 Å². The van der Waals surface area contributed by atoms with Crippen molar-refractivity contribution in [3.63, 3.8) is 0 Å². The van der Waals surface area contributed by atoms with E-state index in [2.05, 4.69) is 4.74 Å². The van der Waals surface area contributed by atoms with Gasteiger partial charge in [-0.1, -0.05) is 45.9 Å². The number of ether oxygens (including phenoxy) is 1. The van der Waals surface area contributed by atoms with Crippen molar-refractivity contribution in [3.8, 4) is 5.75 Å². The molecule has 1 rings (SSSR count). The van der Waals surface area contributed by atoms with Crippen LogP contribution in [0.5, 0.6) is 5.75 Å². The Morgan fingerprint density at radius 1 is 1.06 bits per heavy atom. The fourth-order valence-electron chi connectivity index (χ4n) is 1.52. The maximum Gasteiger partial charge on any atom is 0.573 e. The van der Waals surface area contributed by atoms with Gasteiger partial charge in [0.15, 0.2) is 0 Å². The lowest BCUT2D eigenvalue weighted by atomic mass is 9.77. The smallest absolute Gasteiger partial charge is 0.405 e. The Labute approximate surface area is 99.6 Å². The molecule has 0 saturated heterocycles. The zero-order chi connectivity index (χ0) is 13.3. The summed E-state index contributed by atoms with van der Waals surface area (Å²) in [6.45, 7) is 7.87. The van der Waals surface area contributed by atoms with E-state index in [9.17, 15) is 13.2 Å². The topological polar surface area (TPSA) is 9.23 Å². The normalized spacial score (nSPS) is 14.5. The monoisotopic (exact) mass is 246 g/mol. The highest BCUT2D eigenvalue weighted by Gasteiger charge is 2.33. The van der Waals surface area contributed by atoms with Gasteiger partial charge in [0, 0.05) is 0 Å². The summed E-state index contributed by atoms with van der Waals surface area (Å²) in [5.74, 6) is -0.136. The van der Waals surface area contributed by atoms with Gasteiger partial charge >= 0.3 is 6.36 Å². The van der Waals surface area contributed by atoms with Gasteiger partial charge in [-0.3, -0.25) is 0 Å². The SMILES string of the molecule is CC(c1ccccc1OC(F)(F)F)C(C)(C)C. The minimum absolute atomic E-state index is 0.0268. The summed E-state index contributed by atoms with van der Waals surface area (Å²) in [4.78, 5) is 0. The Kier molecular flexibility index (Phi) is 3.74. The number of rotatable bonds is 2. The number of benzene rings is 1. The molecule has 1 atom stereocenters. The summed E-state index contributed by atoms with van der Waals surface area (Å²) in [6.07, 6.45) is -4.65. The quantitative estimate of drug-likeness (QED) is 0.732. The number of hydrogen-bond donors (Lipinski definition) is 0. The molecule has 0 aliphatic heterocycles. The molecule has 0 aromatic heterocycles. The summed E-state index contributed by atoms with van der Waals surface area (Å²) in [5, 5.41) is 0. The van der Waals surface area contributed by atoms with Crippen LogP contribution in [0.15, 0.2) is 24.3 Å². The van der Waals surface area contributed by atoms with Gasteiger partial charge in [-0.05, 0) is 23.0 Å². The minimum atomic E-state index is -4.65. The number of hydrogen-bond acceptors (Lipinski definition) is 1. The van der Waals surface area contributed by atoms with E-state index in [0.29, 0.717) is 5.56 Å². The second kappa shape index (κ2) is 4.59. The van der Waals surface area contributed by atoms with E-state index in [1.807, 2.05) is 27.7 Å². The first-order valence-corrected chi connectivity index (χ1v) is 5.46. The van der Waals surface area contributed by atoms with E-state index in [1.54, 1.807) is 18.2 Å². The molecule has 0 aliphatic carbocycles. The molecular weight excluding hydrogens is 229 g/mol. The molecule has 4 heteroatoms. The fraction of sp³-hybridized carbons (Fsp3) is 0.538. The van der Waals surface area contributed by atoms with Gasteiger partial charge in [-0.25, -0.2) is 0 Å². The average Bonchev–Trinajstić information content (AvgIpc) is 2.13. The van der Waals surface area contributed by atoms with E-state index >= 15 is 0 Å². The van der Waals surface area contributed by atoms with Crippen LogP contribution in [0.3, 0.4) is 0 Å². The van der Waals surface area contributed by atoms with Crippen LogP contribution in [-0.2, 0) is 0 Å². The molecule has 0 heterocycles. The zero-order valence-corrected chi connectivity index (χ0v) is 10.4. The predicted octanol–water partition coefficient (Wildman–Crippen LogP) is 4.73. The molecule has 1 aromatic carbocycles. The molecule has 0 amide bonds. The van der Waals surface area contributed by atoms with Crippen LogP contribution in [-0.4, -0.2) is 6.36 Å². The summed E-state index contributed by atoms with van der Waals surface area (Å²) < 4.78 is 40.8. The fourth-order valence-corrected chi connectivity index (χ4v) is 1.52. The van der Waals surface area contributed by atoms with Crippen LogP contribution in [0.25, 0.3) is 0 Å². The second-order valence-electron chi connectivity index (χ2n) is 5.17. The van der Waals surface area contributed by atoms with Crippen molar-refractivity contribution in [2.24, 2.45) is 5.41 Å². The molecule has 0 radical (unpaired) electrons. The number of alkyl halides is 3. The van der Waals surface area contributed by atoms with Crippen molar-refractivity contribution in [2.45, 2.75) is 40.0 Å². The lowest BCUT2D eigenvalue weighted by Crippen LogP contribution is -2.21. The largest absolute Gasteiger partial charge is 0.573 e. The molecule has 1 unspecified atom stereocenters. The molecule has 0 fully saturated rings. The highest BCUT2D eigenvalue weighted by molar-refractivity contribution is 5.37. The summed E-state index contributed by atoms with van der Waals surface area (Å²) in [7, 11) is 0.